The van der Waals surface area contributed by atoms with Gasteiger partial charge in [-0.25, -0.2) is 0 Å². The molecular formula is C18H20N2O. The Kier molecular flexibility index (Phi) is 4.25. The Morgan fingerprint density at radius 1 is 1.19 bits per heavy atom. The first kappa shape index (κ1) is 14.1. The van der Waals surface area contributed by atoms with Crippen molar-refractivity contribution >= 4 is 0 Å². The summed E-state index contributed by atoms with van der Waals surface area (Å²) in [6, 6.07) is 10.2. The molecule has 0 radical (unpaired) electrons. The lowest BCUT2D eigenvalue weighted by atomic mass is 9.78. The van der Waals surface area contributed by atoms with Gasteiger partial charge in [0.2, 0.25) is 0 Å². The highest BCUT2D eigenvalue weighted by atomic mass is 16.3. The van der Waals surface area contributed by atoms with Crippen LogP contribution in [0, 0.1) is 29.1 Å². The molecule has 0 amide bonds. The van der Waals surface area contributed by atoms with Crippen LogP contribution in [0.5, 0.6) is 0 Å². The third kappa shape index (κ3) is 2.95. The summed E-state index contributed by atoms with van der Waals surface area (Å²) in [5, 5.41) is 21.4. The highest BCUT2D eigenvalue weighted by Crippen LogP contribution is 2.31. The second-order valence-electron chi connectivity index (χ2n) is 5.96. The molecule has 1 aromatic rings. The van der Waals surface area contributed by atoms with Crippen molar-refractivity contribution in [3.05, 3.63) is 35.4 Å². The summed E-state index contributed by atoms with van der Waals surface area (Å²) < 4.78 is 0. The summed E-state index contributed by atoms with van der Waals surface area (Å²) in [7, 11) is 0. The zero-order chi connectivity index (χ0) is 14.7. The van der Waals surface area contributed by atoms with Crippen LogP contribution < -0.4 is 5.32 Å². The van der Waals surface area contributed by atoms with E-state index in [0.29, 0.717) is 5.92 Å². The van der Waals surface area contributed by atoms with Gasteiger partial charge in [-0.1, -0.05) is 36.8 Å². The number of rotatable bonds is 2. The fraction of sp³-hybridized carbons (Fsp3) is 0.500. The molecule has 2 N–H and O–H groups in total. The van der Waals surface area contributed by atoms with E-state index in [0.717, 1.165) is 11.1 Å². The number of hydrogen-bond acceptors (Lipinski definition) is 3. The lowest BCUT2D eigenvalue weighted by Crippen LogP contribution is -2.60. The van der Waals surface area contributed by atoms with Crippen LogP contribution in [0.2, 0.25) is 0 Å². The molecule has 0 unspecified atom stereocenters. The average molecular weight is 280 g/mol. The Morgan fingerprint density at radius 3 is 2.52 bits per heavy atom. The molecule has 1 saturated carbocycles. The Hall–Kier alpha value is -1.81. The fourth-order valence-corrected chi connectivity index (χ4v) is 3.30. The minimum Gasteiger partial charge on any atom is -0.395 e. The van der Waals surface area contributed by atoms with Crippen LogP contribution in [0.15, 0.2) is 24.3 Å². The molecule has 1 aliphatic carbocycles. The SMILES string of the molecule is N#C[C@@H]1N[C@H](CO)[C@@H]1c1ccc(C#CC2CCCC2)cc1. The number of nitrogens with zero attached hydrogens (tertiary/aromatic N) is 1. The zero-order valence-corrected chi connectivity index (χ0v) is 12.0. The van der Waals surface area contributed by atoms with E-state index in [4.69, 9.17) is 5.26 Å². The summed E-state index contributed by atoms with van der Waals surface area (Å²) in [6.45, 7) is 0.0616. The molecule has 2 aliphatic rings. The van der Waals surface area contributed by atoms with E-state index in [2.05, 4.69) is 23.2 Å². The highest BCUT2D eigenvalue weighted by molar-refractivity contribution is 5.40. The molecule has 1 aliphatic heterocycles. The molecule has 0 spiro atoms. The Bertz CT molecular complexity index is 584. The van der Waals surface area contributed by atoms with Crippen LogP contribution in [-0.4, -0.2) is 23.8 Å². The molecule has 2 fully saturated rings. The van der Waals surface area contributed by atoms with Gasteiger partial charge in [0.1, 0.15) is 6.04 Å². The standard InChI is InChI=1S/C18H20N2O/c19-11-16-18(17(12-21)20-16)15-9-7-14(8-10-15)6-5-13-3-1-2-4-13/h7-10,13,16-18,20-21H,1-4,12H2/t16-,17+,18+/m0/s1. The van der Waals surface area contributed by atoms with Crippen molar-refractivity contribution in [3.63, 3.8) is 0 Å². The first-order chi connectivity index (χ1) is 10.3. The molecule has 0 bridgehead atoms. The third-order valence-corrected chi connectivity index (χ3v) is 4.59. The predicted molar refractivity (Wildman–Crippen MR) is 81.4 cm³/mol. The first-order valence-corrected chi connectivity index (χ1v) is 7.70. The molecule has 3 nitrogen and oxygen atoms in total. The number of hydrogen-bond donors (Lipinski definition) is 2. The maximum atomic E-state index is 9.30. The van der Waals surface area contributed by atoms with E-state index < -0.39 is 0 Å². The Labute approximate surface area is 126 Å². The highest BCUT2D eigenvalue weighted by Gasteiger charge is 2.40. The van der Waals surface area contributed by atoms with Crippen molar-refractivity contribution in [1.29, 1.82) is 5.26 Å². The van der Waals surface area contributed by atoms with Gasteiger partial charge in [0.15, 0.2) is 0 Å². The van der Waals surface area contributed by atoms with E-state index in [1.807, 2.05) is 24.3 Å². The Morgan fingerprint density at radius 2 is 1.90 bits per heavy atom. The zero-order valence-electron chi connectivity index (χ0n) is 12.0. The maximum absolute atomic E-state index is 9.30. The van der Waals surface area contributed by atoms with Gasteiger partial charge in [0.05, 0.1) is 12.7 Å². The van der Waals surface area contributed by atoms with Crippen molar-refractivity contribution in [3.8, 4) is 17.9 Å². The van der Waals surface area contributed by atoms with Crippen molar-refractivity contribution < 1.29 is 5.11 Å². The first-order valence-electron chi connectivity index (χ1n) is 7.70. The van der Waals surface area contributed by atoms with Gasteiger partial charge in [-0.05, 0) is 30.5 Å². The molecule has 1 heterocycles. The summed E-state index contributed by atoms with van der Waals surface area (Å²) in [6.07, 6.45) is 5.10. The second kappa shape index (κ2) is 6.31. The lowest BCUT2D eigenvalue weighted by molar-refractivity contribution is 0.151. The maximum Gasteiger partial charge on any atom is 0.104 e. The van der Waals surface area contributed by atoms with Gasteiger partial charge >= 0.3 is 0 Å². The molecular weight excluding hydrogens is 260 g/mol. The summed E-state index contributed by atoms with van der Waals surface area (Å²) in [5.41, 5.74) is 2.14. The van der Waals surface area contributed by atoms with Crippen LogP contribution in [0.3, 0.4) is 0 Å². The normalized spacial score (nSPS) is 28.3. The van der Waals surface area contributed by atoms with Crippen LogP contribution in [0.1, 0.15) is 42.7 Å². The van der Waals surface area contributed by atoms with Crippen molar-refractivity contribution in [2.75, 3.05) is 6.61 Å². The summed E-state index contributed by atoms with van der Waals surface area (Å²) >= 11 is 0. The van der Waals surface area contributed by atoms with E-state index in [9.17, 15) is 5.11 Å². The van der Waals surface area contributed by atoms with Gasteiger partial charge < -0.3 is 5.11 Å². The van der Waals surface area contributed by atoms with Gasteiger partial charge in [-0.2, -0.15) is 5.26 Å². The molecule has 1 saturated heterocycles. The van der Waals surface area contributed by atoms with Gasteiger partial charge in [-0.3, -0.25) is 5.32 Å². The molecule has 1 aromatic carbocycles. The van der Waals surface area contributed by atoms with Crippen molar-refractivity contribution in [2.24, 2.45) is 5.92 Å². The quantitative estimate of drug-likeness (QED) is 0.816. The van der Waals surface area contributed by atoms with Crippen molar-refractivity contribution in [1.82, 2.24) is 5.32 Å². The molecule has 3 rings (SSSR count). The largest absolute Gasteiger partial charge is 0.395 e. The van der Waals surface area contributed by atoms with Crippen LogP contribution in [-0.2, 0) is 0 Å². The van der Waals surface area contributed by atoms with Crippen molar-refractivity contribution in [2.45, 2.75) is 43.7 Å². The smallest absolute Gasteiger partial charge is 0.104 e. The number of benzene rings is 1. The van der Waals surface area contributed by atoms with E-state index in [1.165, 1.54) is 25.7 Å². The predicted octanol–water partition coefficient (Wildman–Crippen LogP) is 2.17. The number of aliphatic hydroxyl groups is 1. The summed E-state index contributed by atoms with van der Waals surface area (Å²) in [5.74, 6) is 7.27. The second-order valence-corrected chi connectivity index (χ2v) is 5.96. The van der Waals surface area contributed by atoms with Crippen LogP contribution >= 0.6 is 0 Å². The lowest BCUT2D eigenvalue weighted by Gasteiger charge is -2.41. The number of nitriles is 1. The van der Waals surface area contributed by atoms with Crippen LogP contribution in [0.25, 0.3) is 0 Å². The van der Waals surface area contributed by atoms with Gasteiger partial charge in [0.25, 0.3) is 0 Å². The average Bonchev–Trinajstić information content (AvgIpc) is 3.00. The van der Waals surface area contributed by atoms with Gasteiger partial charge in [0, 0.05) is 23.4 Å². The summed E-state index contributed by atoms with van der Waals surface area (Å²) in [4.78, 5) is 0. The van der Waals surface area contributed by atoms with Crippen LogP contribution in [0.4, 0.5) is 0 Å². The van der Waals surface area contributed by atoms with E-state index in [1.54, 1.807) is 0 Å². The molecule has 108 valence electrons. The molecule has 21 heavy (non-hydrogen) atoms. The van der Waals surface area contributed by atoms with E-state index >= 15 is 0 Å². The van der Waals surface area contributed by atoms with Gasteiger partial charge in [-0.15, -0.1) is 0 Å². The number of nitrogens with one attached hydrogen (secondary N) is 1. The third-order valence-electron chi connectivity index (χ3n) is 4.59. The van der Waals surface area contributed by atoms with E-state index in [-0.39, 0.29) is 24.6 Å². The molecule has 3 heteroatoms. The molecule has 3 atom stereocenters. The monoisotopic (exact) mass is 280 g/mol. The topological polar surface area (TPSA) is 56.0 Å². The Balaban J connectivity index is 1.70. The minimum atomic E-state index is -0.197. The number of aliphatic hydroxyl groups excluding tert-OH is 1. The fourth-order valence-electron chi connectivity index (χ4n) is 3.30. The molecule has 0 aromatic heterocycles. The minimum absolute atomic E-state index is 0.00919.